The number of hydrogen-bond acceptors (Lipinski definition) is 4. The second kappa shape index (κ2) is 9.23. The first kappa shape index (κ1) is 22.8. The van der Waals surface area contributed by atoms with Gasteiger partial charge in [0.15, 0.2) is 0 Å². The number of halogens is 1. The Morgan fingerprint density at radius 1 is 0.909 bits per heavy atom. The molecule has 0 spiro atoms. The molecular formula is C25H26FN3O3S. The van der Waals surface area contributed by atoms with Crippen LogP contribution in [0.15, 0.2) is 71.6 Å². The van der Waals surface area contributed by atoms with Crippen molar-refractivity contribution in [2.75, 3.05) is 35.8 Å². The summed E-state index contributed by atoms with van der Waals surface area (Å²) >= 11 is 0. The van der Waals surface area contributed by atoms with Gasteiger partial charge in [0.1, 0.15) is 5.82 Å². The van der Waals surface area contributed by atoms with Gasteiger partial charge in [-0.2, -0.15) is 0 Å². The Hall–Kier alpha value is -3.39. The Labute approximate surface area is 193 Å². The van der Waals surface area contributed by atoms with Crippen molar-refractivity contribution in [2.24, 2.45) is 0 Å². The van der Waals surface area contributed by atoms with E-state index in [4.69, 9.17) is 0 Å². The number of hydrogen-bond donors (Lipinski definition) is 1. The predicted molar refractivity (Wildman–Crippen MR) is 128 cm³/mol. The number of nitrogens with one attached hydrogen (secondary N) is 1. The average molecular weight is 468 g/mol. The van der Waals surface area contributed by atoms with Crippen LogP contribution in [0.3, 0.4) is 0 Å². The van der Waals surface area contributed by atoms with Crippen LogP contribution in [0.5, 0.6) is 0 Å². The van der Waals surface area contributed by atoms with Crippen LogP contribution in [-0.2, 0) is 10.0 Å². The van der Waals surface area contributed by atoms with Crippen molar-refractivity contribution in [1.82, 2.24) is 4.90 Å². The summed E-state index contributed by atoms with van der Waals surface area (Å²) in [6, 6.07) is 17.6. The molecule has 0 bridgehead atoms. The van der Waals surface area contributed by atoms with Gasteiger partial charge in [-0.25, -0.2) is 12.8 Å². The third-order valence-corrected chi connectivity index (χ3v) is 7.36. The Kier molecular flexibility index (Phi) is 6.37. The minimum atomic E-state index is -4.05. The molecule has 1 saturated heterocycles. The molecule has 0 aliphatic carbocycles. The van der Waals surface area contributed by atoms with Crippen LogP contribution < -0.4 is 9.62 Å². The third-order valence-electron chi connectivity index (χ3n) is 5.99. The van der Waals surface area contributed by atoms with E-state index >= 15 is 0 Å². The van der Waals surface area contributed by atoms with E-state index < -0.39 is 15.8 Å². The van der Waals surface area contributed by atoms with Gasteiger partial charge >= 0.3 is 0 Å². The van der Waals surface area contributed by atoms with Crippen LogP contribution in [0, 0.1) is 19.7 Å². The van der Waals surface area contributed by atoms with Crippen LogP contribution in [0.2, 0.25) is 0 Å². The SMILES string of the molecule is Cc1cccc(N2CCN(C(=O)c3cccc(S(=O)(=O)Nc4ccccc4F)c3)CC2)c1C. The van der Waals surface area contributed by atoms with E-state index in [0.717, 1.165) is 0 Å². The number of sulfonamides is 1. The van der Waals surface area contributed by atoms with Crippen LogP contribution in [0.25, 0.3) is 0 Å². The largest absolute Gasteiger partial charge is 0.368 e. The highest BCUT2D eigenvalue weighted by Crippen LogP contribution is 2.25. The van der Waals surface area contributed by atoms with E-state index in [2.05, 4.69) is 35.6 Å². The summed E-state index contributed by atoms with van der Waals surface area (Å²) in [7, 11) is -4.05. The number of carbonyl (C=O) groups excluding carboxylic acids is 1. The van der Waals surface area contributed by atoms with E-state index in [9.17, 15) is 17.6 Å². The first-order chi connectivity index (χ1) is 15.8. The number of anilines is 2. The topological polar surface area (TPSA) is 69.7 Å². The summed E-state index contributed by atoms with van der Waals surface area (Å²) in [6.45, 7) is 6.66. The maximum Gasteiger partial charge on any atom is 0.262 e. The molecule has 0 radical (unpaired) electrons. The zero-order valence-electron chi connectivity index (χ0n) is 18.6. The van der Waals surface area contributed by atoms with Crippen molar-refractivity contribution in [3.8, 4) is 0 Å². The summed E-state index contributed by atoms with van der Waals surface area (Å²) in [4.78, 5) is 17.0. The molecule has 1 N–H and O–H groups in total. The number of para-hydroxylation sites is 1. The predicted octanol–water partition coefficient (Wildman–Crippen LogP) is 4.21. The first-order valence-corrected chi connectivity index (χ1v) is 12.2. The van der Waals surface area contributed by atoms with Crippen molar-refractivity contribution in [3.05, 3.63) is 89.2 Å². The highest BCUT2D eigenvalue weighted by Gasteiger charge is 2.25. The lowest BCUT2D eigenvalue weighted by atomic mass is 10.1. The van der Waals surface area contributed by atoms with Crippen molar-refractivity contribution in [2.45, 2.75) is 18.7 Å². The molecule has 1 aliphatic rings. The first-order valence-electron chi connectivity index (χ1n) is 10.7. The molecule has 0 aromatic heterocycles. The van der Waals surface area contributed by atoms with Gasteiger partial charge in [-0.3, -0.25) is 9.52 Å². The number of piperazine rings is 1. The molecule has 1 fully saturated rings. The van der Waals surface area contributed by atoms with Crippen molar-refractivity contribution >= 4 is 27.3 Å². The molecule has 1 amide bonds. The number of nitrogens with zero attached hydrogens (tertiary/aromatic N) is 2. The van der Waals surface area contributed by atoms with E-state index in [-0.39, 0.29) is 22.1 Å². The van der Waals surface area contributed by atoms with Crippen molar-refractivity contribution in [1.29, 1.82) is 0 Å². The maximum absolute atomic E-state index is 13.9. The number of aryl methyl sites for hydroxylation is 1. The van der Waals surface area contributed by atoms with Crippen LogP contribution >= 0.6 is 0 Å². The number of benzene rings is 3. The van der Waals surface area contributed by atoms with Gasteiger partial charge in [0.05, 0.1) is 10.6 Å². The fourth-order valence-electron chi connectivity index (χ4n) is 3.96. The average Bonchev–Trinajstić information content (AvgIpc) is 2.82. The maximum atomic E-state index is 13.9. The molecule has 0 unspecified atom stereocenters. The Bertz CT molecular complexity index is 1290. The molecule has 6 nitrogen and oxygen atoms in total. The summed E-state index contributed by atoms with van der Waals surface area (Å²) < 4.78 is 41.7. The second-order valence-electron chi connectivity index (χ2n) is 8.11. The van der Waals surface area contributed by atoms with E-state index in [1.54, 1.807) is 17.0 Å². The van der Waals surface area contributed by atoms with Gasteiger partial charge in [-0.05, 0) is 61.4 Å². The van der Waals surface area contributed by atoms with Crippen LogP contribution in [0.1, 0.15) is 21.5 Å². The standard InChI is InChI=1S/C25H26FN3O3S/c1-18-7-5-12-24(19(18)2)28-13-15-29(16-14-28)25(30)20-8-6-9-21(17-20)33(31,32)27-23-11-4-3-10-22(23)26/h3-12,17,27H,13-16H2,1-2H3. The lowest BCUT2D eigenvalue weighted by molar-refractivity contribution is 0.0746. The zero-order chi connectivity index (χ0) is 23.6. The quantitative estimate of drug-likeness (QED) is 0.611. The minimum absolute atomic E-state index is 0.0920. The molecule has 0 saturated carbocycles. The smallest absolute Gasteiger partial charge is 0.262 e. The highest BCUT2D eigenvalue weighted by molar-refractivity contribution is 7.92. The lowest BCUT2D eigenvalue weighted by Gasteiger charge is -2.37. The van der Waals surface area contributed by atoms with E-state index in [1.807, 2.05) is 6.07 Å². The number of carbonyl (C=O) groups is 1. The van der Waals surface area contributed by atoms with Gasteiger partial charge in [-0.1, -0.05) is 30.3 Å². The lowest BCUT2D eigenvalue weighted by Crippen LogP contribution is -2.49. The Morgan fingerprint density at radius 2 is 1.61 bits per heavy atom. The molecule has 4 rings (SSSR count). The zero-order valence-corrected chi connectivity index (χ0v) is 19.4. The second-order valence-corrected chi connectivity index (χ2v) is 9.79. The third kappa shape index (κ3) is 4.85. The van der Waals surface area contributed by atoms with Gasteiger partial charge in [-0.15, -0.1) is 0 Å². The summed E-state index contributed by atoms with van der Waals surface area (Å²) in [6.07, 6.45) is 0. The minimum Gasteiger partial charge on any atom is -0.368 e. The molecule has 33 heavy (non-hydrogen) atoms. The monoisotopic (exact) mass is 467 g/mol. The molecule has 1 heterocycles. The van der Waals surface area contributed by atoms with Crippen molar-refractivity contribution in [3.63, 3.8) is 0 Å². The van der Waals surface area contributed by atoms with Gasteiger partial charge < -0.3 is 9.80 Å². The van der Waals surface area contributed by atoms with E-state index in [0.29, 0.717) is 26.2 Å². The molecule has 3 aromatic carbocycles. The van der Waals surface area contributed by atoms with Gasteiger partial charge in [0.25, 0.3) is 15.9 Å². The number of rotatable bonds is 5. The summed E-state index contributed by atoms with van der Waals surface area (Å²) in [5.74, 6) is -0.895. The summed E-state index contributed by atoms with van der Waals surface area (Å²) in [5.41, 5.74) is 3.78. The molecule has 172 valence electrons. The fraction of sp³-hybridized carbons (Fsp3) is 0.240. The highest BCUT2D eigenvalue weighted by atomic mass is 32.2. The normalized spacial score (nSPS) is 14.3. The van der Waals surface area contributed by atoms with Crippen LogP contribution in [0.4, 0.5) is 15.8 Å². The van der Waals surface area contributed by atoms with E-state index in [1.165, 1.54) is 53.2 Å². The van der Waals surface area contributed by atoms with Gasteiger partial charge in [0.2, 0.25) is 0 Å². The van der Waals surface area contributed by atoms with Crippen molar-refractivity contribution < 1.29 is 17.6 Å². The molecule has 8 heteroatoms. The Balaban J connectivity index is 1.47. The molecule has 0 atom stereocenters. The Morgan fingerprint density at radius 3 is 2.33 bits per heavy atom. The van der Waals surface area contributed by atoms with Crippen LogP contribution in [-0.4, -0.2) is 45.4 Å². The molecule has 3 aromatic rings. The summed E-state index contributed by atoms with van der Waals surface area (Å²) in [5, 5.41) is 0. The van der Waals surface area contributed by atoms with Gasteiger partial charge in [0, 0.05) is 37.4 Å². The molecular weight excluding hydrogens is 441 g/mol. The fourth-order valence-corrected chi connectivity index (χ4v) is 5.07. The number of amides is 1. The molecule has 1 aliphatic heterocycles.